The first-order valence-corrected chi connectivity index (χ1v) is 10.4. The van der Waals surface area contributed by atoms with Crippen LogP contribution in [0.1, 0.15) is 38.4 Å². The number of carbonyl (C=O) groups is 1. The van der Waals surface area contributed by atoms with E-state index in [0.29, 0.717) is 49.7 Å². The van der Waals surface area contributed by atoms with Gasteiger partial charge in [-0.2, -0.15) is 5.10 Å². The molecular formula is C24H28FN3O2. The molecule has 30 heavy (non-hydrogen) atoms. The highest BCUT2D eigenvalue weighted by atomic mass is 19.1. The molecule has 0 bridgehead atoms. The highest BCUT2D eigenvalue weighted by Crippen LogP contribution is 2.32. The van der Waals surface area contributed by atoms with Crippen molar-refractivity contribution in [1.82, 2.24) is 14.7 Å². The number of aromatic nitrogens is 2. The number of amides is 1. The van der Waals surface area contributed by atoms with E-state index >= 15 is 0 Å². The summed E-state index contributed by atoms with van der Waals surface area (Å²) in [5.41, 5.74) is 2.49. The number of ether oxygens (including phenoxy) is 1. The minimum absolute atomic E-state index is 0.113. The zero-order chi connectivity index (χ0) is 21.5. The highest BCUT2D eigenvalue weighted by Gasteiger charge is 2.22. The second-order valence-electron chi connectivity index (χ2n) is 6.95. The van der Waals surface area contributed by atoms with Gasteiger partial charge in [0.15, 0.2) is 0 Å². The Balaban J connectivity index is 2.00. The van der Waals surface area contributed by atoms with Gasteiger partial charge in [-0.15, -0.1) is 0 Å². The minimum Gasteiger partial charge on any atom is -0.439 e. The average Bonchev–Trinajstić information content (AvgIpc) is 3.11. The SMILES string of the molecule is CCc1nn(-c2ccc(F)cc2)c(Oc2ccccc2)c1CCC(=O)N(CC)CC. The molecule has 0 radical (unpaired) electrons. The van der Waals surface area contributed by atoms with Crippen molar-refractivity contribution in [3.63, 3.8) is 0 Å². The Morgan fingerprint density at radius 3 is 2.30 bits per heavy atom. The lowest BCUT2D eigenvalue weighted by Gasteiger charge is -2.18. The molecule has 0 aliphatic carbocycles. The second kappa shape index (κ2) is 10.1. The molecule has 3 rings (SSSR count). The average molecular weight is 410 g/mol. The maximum absolute atomic E-state index is 13.4. The van der Waals surface area contributed by atoms with Crippen LogP contribution in [0.5, 0.6) is 11.6 Å². The van der Waals surface area contributed by atoms with Crippen molar-refractivity contribution in [1.29, 1.82) is 0 Å². The molecule has 0 N–H and O–H groups in total. The lowest BCUT2D eigenvalue weighted by molar-refractivity contribution is -0.130. The zero-order valence-electron chi connectivity index (χ0n) is 17.8. The van der Waals surface area contributed by atoms with E-state index in [9.17, 15) is 9.18 Å². The standard InChI is InChI=1S/C24H28FN3O2/c1-4-22-21(16-17-23(29)27(5-2)6-3)24(30-20-10-8-7-9-11-20)28(26-22)19-14-12-18(25)13-15-19/h7-15H,4-6,16-17H2,1-3H3. The predicted molar refractivity (Wildman–Crippen MR) is 116 cm³/mol. The molecule has 2 aromatic carbocycles. The van der Waals surface area contributed by atoms with Gasteiger partial charge < -0.3 is 9.64 Å². The summed E-state index contributed by atoms with van der Waals surface area (Å²) in [7, 11) is 0. The van der Waals surface area contributed by atoms with E-state index < -0.39 is 0 Å². The van der Waals surface area contributed by atoms with Gasteiger partial charge in [-0.3, -0.25) is 4.79 Å². The molecule has 0 saturated carbocycles. The van der Waals surface area contributed by atoms with Crippen LogP contribution >= 0.6 is 0 Å². The van der Waals surface area contributed by atoms with Crippen molar-refractivity contribution in [2.45, 2.75) is 40.0 Å². The van der Waals surface area contributed by atoms with Crippen molar-refractivity contribution >= 4 is 5.91 Å². The van der Waals surface area contributed by atoms with Crippen molar-refractivity contribution in [2.75, 3.05) is 13.1 Å². The van der Waals surface area contributed by atoms with Crippen molar-refractivity contribution in [3.05, 3.63) is 71.7 Å². The fourth-order valence-electron chi connectivity index (χ4n) is 3.44. The fourth-order valence-corrected chi connectivity index (χ4v) is 3.44. The van der Waals surface area contributed by atoms with Crippen LogP contribution in [0.25, 0.3) is 5.69 Å². The van der Waals surface area contributed by atoms with Gasteiger partial charge in [-0.1, -0.05) is 25.1 Å². The first-order chi connectivity index (χ1) is 14.6. The smallest absolute Gasteiger partial charge is 0.226 e. The molecule has 1 heterocycles. The quantitative estimate of drug-likeness (QED) is 0.490. The van der Waals surface area contributed by atoms with E-state index in [1.807, 2.05) is 56.0 Å². The highest BCUT2D eigenvalue weighted by molar-refractivity contribution is 5.76. The monoisotopic (exact) mass is 409 g/mol. The largest absolute Gasteiger partial charge is 0.439 e. The Bertz CT molecular complexity index is 964. The number of para-hydroxylation sites is 1. The predicted octanol–water partition coefficient (Wildman–Crippen LogP) is 5.17. The molecule has 6 heteroatoms. The van der Waals surface area contributed by atoms with Crippen molar-refractivity contribution in [3.8, 4) is 17.3 Å². The number of halogens is 1. The summed E-state index contributed by atoms with van der Waals surface area (Å²) in [4.78, 5) is 14.4. The summed E-state index contributed by atoms with van der Waals surface area (Å²) in [5, 5.41) is 4.73. The molecular weight excluding hydrogens is 381 g/mol. The minimum atomic E-state index is -0.308. The molecule has 3 aromatic rings. The zero-order valence-corrected chi connectivity index (χ0v) is 17.8. The summed E-state index contributed by atoms with van der Waals surface area (Å²) in [6.45, 7) is 7.38. The molecule has 0 aliphatic rings. The number of hydrogen-bond acceptors (Lipinski definition) is 3. The first kappa shape index (κ1) is 21.6. The lowest BCUT2D eigenvalue weighted by Crippen LogP contribution is -2.30. The lowest BCUT2D eigenvalue weighted by atomic mass is 10.1. The Kier molecular flexibility index (Phi) is 7.22. The van der Waals surface area contributed by atoms with Gasteiger partial charge in [0.25, 0.3) is 0 Å². The maximum atomic E-state index is 13.4. The molecule has 0 fully saturated rings. The number of hydrogen-bond donors (Lipinski definition) is 0. The molecule has 0 spiro atoms. The molecule has 0 aliphatic heterocycles. The van der Waals surface area contributed by atoms with Gasteiger partial charge in [0, 0.05) is 25.1 Å². The van der Waals surface area contributed by atoms with Gasteiger partial charge in [-0.25, -0.2) is 9.07 Å². The molecule has 0 atom stereocenters. The maximum Gasteiger partial charge on any atom is 0.226 e. The summed E-state index contributed by atoms with van der Waals surface area (Å²) in [6.07, 6.45) is 1.62. The van der Waals surface area contributed by atoms with Gasteiger partial charge in [0.1, 0.15) is 11.6 Å². The molecule has 1 amide bonds. The van der Waals surface area contributed by atoms with E-state index in [1.165, 1.54) is 12.1 Å². The second-order valence-corrected chi connectivity index (χ2v) is 6.95. The first-order valence-electron chi connectivity index (χ1n) is 10.4. The molecule has 5 nitrogen and oxygen atoms in total. The van der Waals surface area contributed by atoms with Crippen LogP contribution < -0.4 is 4.74 Å². The third kappa shape index (κ3) is 4.87. The van der Waals surface area contributed by atoms with Crippen LogP contribution in [-0.4, -0.2) is 33.7 Å². The Labute approximate surface area is 177 Å². The Morgan fingerprint density at radius 2 is 1.70 bits per heavy atom. The van der Waals surface area contributed by atoms with Crippen molar-refractivity contribution < 1.29 is 13.9 Å². The topological polar surface area (TPSA) is 47.4 Å². The summed E-state index contributed by atoms with van der Waals surface area (Å²) in [5.74, 6) is 1.05. The number of benzene rings is 2. The van der Waals surface area contributed by atoms with E-state index in [2.05, 4.69) is 0 Å². The Hall–Kier alpha value is -3.15. The van der Waals surface area contributed by atoms with Crippen LogP contribution in [0.4, 0.5) is 4.39 Å². The van der Waals surface area contributed by atoms with Crippen LogP contribution in [0.15, 0.2) is 54.6 Å². The van der Waals surface area contributed by atoms with Gasteiger partial charge in [0.2, 0.25) is 11.8 Å². The van der Waals surface area contributed by atoms with Crippen LogP contribution in [-0.2, 0) is 17.6 Å². The number of nitrogens with zero attached hydrogens (tertiary/aromatic N) is 3. The Morgan fingerprint density at radius 1 is 1.03 bits per heavy atom. The number of rotatable bonds is 9. The van der Waals surface area contributed by atoms with Crippen LogP contribution in [0.3, 0.4) is 0 Å². The molecule has 0 unspecified atom stereocenters. The summed E-state index contributed by atoms with van der Waals surface area (Å²) in [6, 6.07) is 15.6. The third-order valence-electron chi connectivity index (χ3n) is 5.09. The number of carbonyl (C=O) groups excluding carboxylic acids is 1. The normalized spacial score (nSPS) is 10.8. The van der Waals surface area contributed by atoms with Crippen LogP contribution in [0, 0.1) is 5.82 Å². The summed E-state index contributed by atoms with van der Waals surface area (Å²) < 4.78 is 21.4. The molecule has 1 aromatic heterocycles. The van der Waals surface area contributed by atoms with Crippen LogP contribution in [0.2, 0.25) is 0 Å². The van der Waals surface area contributed by atoms with Gasteiger partial charge in [0.05, 0.1) is 11.4 Å². The van der Waals surface area contributed by atoms with Gasteiger partial charge >= 0.3 is 0 Å². The number of aryl methyl sites for hydroxylation is 1. The molecule has 158 valence electrons. The van der Waals surface area contributed by atoms with E-state index in [0.717, 1.165) is 11.3 Å². The third-order valence-corrected chi connectivity index (χ3v) is 5.09. The van der Waals surface area contributed by atoms with E-state index in [4.69, 9.17) is 9.84 Å². The summed E-state index contributed by atoms with van der Waals surface area (Å²) >= 11 is 0. The van der Waals surface area contributed by atoms with Gasteiger partial charge in [-0.05, 0) is 63.1 Å². The fraction of sp³-hybridized carbons (Fsp3) is 0.333. The van der Waals surface area contributed by atoms with E-state index in [-0.39, 0.29) is 11.7 Å². The van der Waals surface area contributed by atoms with Crippen molar-refractivity contribution in [2.24, 2.45) is 0 Å². The van der Waals surface area contributed by atoms with E-state index in [1.54, 1.807) is 16.8 Å². The molecule has 0 saturated heterocycles.